The third-order valence-corrected chi connectivity index (χ3v) is 5.79. The second-order valence-corrected chi connectivity index (χ2v) is 10.7. The van der Waals surface area contributed by atoms with Crippen molar-refractivity contribution < 1.29 is 28.5 Å². The minimum absolute atomic E-state index is 0.311. The van der Waals surface area contributed by atoms with Gasteiger partial charge in [0.2, 0.25) is 0 Å². The van der Waals surface area contributed by atoms with Gasteiger partial charge in [-0.2, -0.15) is 0 Å². The average Bonchev–Trinajstić information content (AvgIpc) is 2.92. The maximum absolute atomic E-state index is 12.7. The third kappa shape index (κ3) is 5.19. The second-order valence-electron chi connectivity index (χ2n) is 10.7. The van der Waals surface area contributed by atoms with Crippen molar-refractivity contribution in [1.82, 2.24) is 9.80 Å². The predicted octanol–water partition coefficient (Wildman–Crippen LogP) is 4.51. The lowest BCUT2D eigenvalue weighted by Gasteiger charge is -2.38. The Balaban J connectivity index is 1.85. The summed E-state index contributed by atoms with van der Waals surface area (Å²) in [5.41, 5.74) is -2.28. The van der Waals surface area contributed by atoms with E-state index in [1.54, 1.807) is 9.80 Å². The highest BCUT2D eigenvalue weighted by Crippen LogP contribution is 2.36. The molecule has 0 aromatic carbocycles. The van der Waals surface area contributed by atoms with Gasteiger partial charge in [0, 0.05) is 0 Å². The van der Waals surface area contributed by atoms with Gasteiger partial charge in [-0.3, -0.25) is 9.80 Å². The Morgan fingerprint density at radius 2 is 1.03 bits per heavy atom. The molecule has 0 aromatic heterocycles. The van der Waals surface area contributed by atoms with Crippen LogP contribution in [0.15, 0.2) is 0 Å². The Morgan fingerprint density at radius 1 is 0.733 bits per heavy atom. The lowest BCUT2D eigenvalue weighted by Crippen LogP contribution is -2.53. The molecule has 2 saturated heterocycles. The summed E-state index contributed by atoms with van der Waals surface area (Å²) in [4.78, 5) is 28.8. The number of amides is 2. The Hall–Kier alpha value is -1.54. The molecule has 2 rings (SSSR count). The van der Waals surface area contributed by atoms with Crippen molar-refractivity contribution in [2.45, 2.75) is 117 Å². The smallest absolute Gasteiger partial charge is 0.412 e. The van der Waals surface area contributed by atoms with Crippen molar-refractivity contribution in [3.63, 3.8) is 0 Å². The molecule has 2 aliphatic rings. The van der Waals surface area contributed by atoms with Crippen molar-refractivity contribution >= 4 is 12.2 Å². The van der Waals surface area contributed by atoms with Crippen molar-refractivity contribution in [3.05, 3.63) is 0 Å². The molecule has 0 saturated carbocycles. The highest BCUT2D eigenvalue weighted by Gasteiger charge is 2.51. The zero-order valence-corrected chi connectivity index (χ0v) is 20.3. The van der Waals surface area contributed by atoms with Gasteiger partial charge in [0.15, 0.2) is 0 Å². The first-order valence-corrected chi connectivity index (χ1v) is 10.8. The third-order valence-electron chi connectivity index (χ3n) is 5.79. The highest BCUT2D eigenvalue weighted by atomic mass is 16.6. The van der Waals surface area contributed by atoms with Crippen LogP contribution in [0, 0.1) is 0 Å². The molecular formula is C22H40N2O6. The zero-order chi connectivity index (χ0) is 23.1. The van der Waals surface area contributed by atoms with Crippen LogP contribution < -0.4 is 0 Å². The fourth-order valence-corrected chi connectivity index (χ4v) is 4.39. The summed E-state index contributed by atoms with van der Waals surface area (Å²) in [6, 6.07) is 0. The number of carbonyl (C=O) groups excluding carboxylic acids is 2. The van der Waals surface area contributed by atoms with Crippen LogP contribution in [0.5, 0.6) is 0 Å². The largest absolute Gasteiger partial charge is 0.446 e. The molecule has 0 N–H and O–H groups in total. The molecule has 30 heavy (non-hydrogen) atoms. The van der Waals surface area contributed by atoms with Crippen LogP contribution in [0.1, 0.15) is 82.1 Å². The predicted molar refractivity (Wildman–Crippen MR) is 113 cm³/mol. The van der Waals surface area contributed by atoms with Gasteiger partial charge < -0.3 is 18.9 Å². The lowest BCUT2D eigenvalue weighted by atomic mass is 10.0. The molecule has 0 aromatic rings. The topological polar surface area (TPSA) is 77.5 Å². The molecule has 0 spiro atoms. The Bertz CT molecular complexity index is 570. The molecule has 0 radical (unpaired) electrons. The van der Waals surface area contributed by atoms with Crippen LogP contribution in [0.4, 0.5) is 9.59 Å². The van der Waals surface area contributed by atoms with Gasteiger partial charge in [0.05, 0.1) is 24.3 Å². The monoisotopic (exact) mass is 428 g/mol. The van der Waals surface area contributed by atoms with E-state index in [9.17, 15) is 9.59 Å². The standard InChI is InChI=1S/C22H40N2O6/c1-15(29-17(25)23-19(3,4)13-27-21(23,7)8)11-12-16(2)30-18(26)24-20(5,6)14-28-22(24,9)10/h15-16H,11-14H2,1-10H3/t15-,16-/m0/s1. The van der Waals surface area contributed by atoms with E-state index in [4.69, 9.17) is 18.9 Å². The van der Waals surface area contributed by atoms with Gasteiger partial charge >= 0.3 is 12.2 Å². The van der Waals surface area contributed by atoms with E-state index < -0.39 is 34.7 Å². The summed E-state index contributed by atoms with van der Waals surface area (Å²) in [6.45, 7) is 19.9. The first-order chi connectivity index (χ1) is 13.5. The van der Waals surface area contributed by atoms with E-state index in [1.165, 1.54) is 0 Å². The van der Waals surface area contributed by atoms with Crippen molar-refractivity contribution in [1.29, 1.82) is 0 Å². The highest BCUT2D eigenvalue weighted by molar-refractivity contribution is 5.70. The van der Waals surface area contributed by atoms with E-state index >= 15 is 0 Å². The Kier molecular flexibility index (Phi) is 6.75. The summed E-state index contributed by atoms with van der Waals surface area (Å²) in [7, 11) is 0. The van der Waals surface area contributed by atoms with E-state index in [1.807, 2.05) is 69.2 Å². The summed E-state index contributed by atoms with van der Waals surface area (Å²) in [5, 5.41) is 0. The van der Waals surface area contributed by atoms with Crippen LogP contribution in [0.25, 0.3) is 0 Å². The van der Waals surface area contributed by atoms with E-state index in [-0.39, 0.29) is 12.2 Å². The SMILES string of the molecule is C[C@@H](CC[C@H](C)OC(=O)N1C(C)(C)COC1(C)C)OC(=O)N1C(C)(C)COC1(C)C. The van der Waals surface area contributed by atoms with E-state index in [2.05, 4.69) is 0 Å². The molecule has 8 heteroatoms. The Labute approximate surface area is 181 Å². The molecule has 2 heterocycles. The summed E-state index contributed by atoms with van der Waals surface area (Å²) >= 11 is 0. The van der Waals surface area contributed by atoms with Crippen molar-refractivity contribution in [2.24, 2.45) is 0 Å². The van der Waals surface area contributed by atoms with Gasteiger partial charge in [-0.25, -0.2) is 9.59 Å². The molecular weight excluding hydrogens is 388 g/mol. The molecule has 2 atom stereocenters. The van der Waals surface area contributed by atoms with Gasteiger partial charge in [-0.05, 0) is 82.1 Å². The van der Waals surface area contributed by atoms with Gasteiger partial charge in [0.1, 0.15) is 23.7 Å². The molecule has 0 unspecified atom stereocenters. The van der Waals surface area contributed by atoms with E-state index in [0.717, 1.165) is 0 Å². The lowest BCUT2D eigenvalue weighted by molar-refractivity contribution is -0.0627. The molecule has 0 aliphatic carbocycles. The summed E-state index contributed by atoms with van der Waals surface area (Å²) in [5.74, 6) is 0. The second kappa shape index (κ2) is 8.19. The number of carbonyl (C=O) groups is 2. The minimum atomic E-state index is -0.708. The number of hydrogen-bond donors (Lipinski definition) is 0. The average molecular weight is 429 g/mol. The molecule has 174 valence electrons. The van der Waals surface area contributed by atoms with E-state index in [0.29, 0.717) is 26.1 Å². The van der Waals surface area contributed by atoms with Gasteiger partial charge in [-0.15, -0.1) is 0 Å². The maximum atomic E-state index is 12.7. The van der Waals surface area contributed by atoms with Gasteiger partial charge in [-0.1, -0.05) is 0 Å². The fourth-order valence-electron chi connectivity index (χ4n) is 4.39. The molecule has 2 aliphatic heterocycles. The minimum Gasteiger partial charge on any atom is -0.446 e. The number of nitrogens with zero attached hydrogens (tertiary/aromatic N) is 2. The molecule has 2 fully saturated rings. The Morgan fingerprint density at radius 3 is 1.27 bits per heavy atom. The van der Waals surface area contributed by atoms with Crippen LogP contribution in [0.2, 0.25) is 0 Å². The van der Waals surface area contributed by atoms with Gasteiger partial charge in [0.25, 0.3) is 0 Å². The van der Waals surface area contributed by atoms with Crippen LogP contribution in [0.3, 0.4) is 0 Å². The molecule has 0 bridgehead atoms. The summed E-state index contributed by atoms with van der Waals surface area (Å²) in [6.07, 6.45) is -0.240. The molecule has 8 nitrogen and oxygen atoms in total. The van der Waals surface area contributed by atoms with Crippen molar-refractivity contribution in [2.75, 3.05) is 13.2 Å². The number of hydrogen-bond acceptors (Lipinski definition) is 6. The number of rotatable bonds is 5. The quantitative estimate of drug-likeness (QED) is 0.641. The van der Waals surface area contributed by atoms with Crippen molar-refractivity contribution in [3.8, 4) is 0 Å². The number of ether oxygens (including phenoxy) is 4. The fraction of sp³-hybridized carbons (Fsp3) is 0.909. The van der Waals surface area contributed by atoms with Crippen LogP contribution in [-0.2, 0) is 18.9 Å². The first kappa shape index (κ1) is 24.7. The van der Waals surface area contributed by atoms with Crippen LogP contribution >= 0.6 is 0 Å². The maximum Gasteiger partial charge on any atom is 0.412 e. The summed E-state index contributed by atoms with van der Waals surface area (Å²) < 4.78 is 22.8. The molecule has 2 amide bonds. The zero-order valence-electron chi connectivity index (χ0n) is 20.3. The first-order valence-electron chi connectivity index (χ1n) is 10.8. The normalized spacial score (nSPS) is 25.7. The van der Waals surface area contributed by atoms with Crippen LogP contribution in [-0.4, -0.2) is 69.9 Å².